The average Bonchev–Trinajstić information content (AvgIpc) is 2.57. The molecule has 1 atom stereocenters. The molecule has 0 aliphatic rings. The van der Waals surface area contributed by atoms with Gasteiger partial charge in [0.1, 0.15) is 12.2 Å². The van der Waals surface area contributed by atoms with Crippen LogP contribution in [0.2, 0.25) is 0 Å². The molecule has 28 heavy (non-hydrogen) atoms. The van der Waals surface area contributed by atoms with Gasteiger partial charge in [0.2, 0.25) is 0 Å². The summed E-state index contributed by atoms with van der Waals surface area (Å²) < 4.78 is 7.10. The zero-order chi connectivity index (χ0) is 20.6. The summed E-state index contributed by atoms with van der Waals surface area (Å²) in [4.78, 5) is 40.3. The van der Waals surface area contributed by atoms with Gasteiger partial charge in [0, 0.05) is 31.6 Å². The number of nitrogens with one attached hydrogen (secondary N) is 1. The third-order valence-corrected chi connectivity index (χ3v) is 3.68. The second kappa shape index (κ2) is 12.3. The summed E-state index contributed by atoms with van der Waals surface area (Å²) in [5, 5.41) is 11.7. The molecule has 10 nitrogen and oxygen atoms in total. The molecule has 0 fully saturated rings. The molecule has 0 aliphatic heterocycles. The van der Waals surface area contributed by atoms with Gasteiger partial charge in [0.05, 0.1) is 0 Å². The Morgan fingerprint density at radius 3 is 2.39 bits per heavy atom. The Hall–Kier alpha value is -2.18. The molecule has 0 aliphatic carbocycles. The number of halogens is 1. The highest BCUT2D eigenvalue weighted by atomic mass is 127. The summed E-state index contributed by atoms with van der Waals surface area (Å²) in [6, 6.07) is 3.22. The Balaban J connectivity index is 0.00000729. The maximum Gasteiger partial charge on any atom is 0.415 e. The minimum Gasteiger partial charge on any atom is -1.00 e. The van der Waals surface area contributed by atoms with Crippen molar-refractivity contribution in [3.8, 4) is 0 Å². The van der Waals surface area contributed by atoms with E-state index in [0.29, 0.717) is 5.56 Å². The van der Waals surface area contributed by atoms with Crippen LogP contribution < -0.4 is 33.9 Å². The number of rotatable bonds is 9. The molecule has 1 rings (SSSR count). The number of aromatic nitrogens is 1. The quantitative estimate of drug-likeness (QED) is 0.145. The van der Waals surface area contributed by atoms with Crippen LogP contribution in [0.3, 0.4) is 0 Å². The topological polar surface area (TPSA) is 115 Å². The first kappa shape index (κ1) is 25.8. The molecule has 1 heterocycles. The normalized spacial score (nSPS) is 11.4. The summed E-state index contributed by atoms with van der Waals surface area (Å²) in [6.07, 6.45) is 2.16. The van der Waals surface area contributed by atoms with Gasteiger partial charge >= 0.3 is 12.3 Å². The molecule has 0 aromatic carbocycles. The number of carbonyl (C=O) groups is 2. The fourth-order valence-electron chi connectivity index (χ4n) is 2.53. The van der Waals surface area contributed by atoms with Gasteiger partial charge in [-0.3, -0.25) is 4.79 Å². The summed E-state index contributed by atoms with van der Waals surface area (Å²) in [5.41, 5.74) is 0.325. The number of hydrogen-bond acceptors (Lipinski definition) is 6. The minimum absolute atomic E-state index is 0. The Bertz CT molecular complexity index is 663. The number of hydrogen-bond donors (Lipinski definition) is 1. The number of carbonyl (C=O) groups excluding carboxylic acids is 2. The SMILES string of the molecule is CC(C)N(C(=O)OC(C)[n+]1cccc(C(=O)NCCO[N+](=O)[O-])c1)C(C)C.[I-]. The van der Waals surface area contributed by atoms with Crippen molar-refractivity contribution in [1.82, 2.24) is 10.2 Å². The molecule has 1 aromatic heterocycles. The Kier molecular flexibility index (Phi) is 11.4. The molecule has 1 unspecified atom stereocenters. The molecule has 0 spiro atoms. The van der Waals surface area contributed by atoms with Gasteiger partial charge in [0.25, 0.3) is 11.0 Å². The molecule has 11 heteroatoms. The number of pyridine rings is 1. The van der Waals surface area contributed by atoms with Crippen LogP contribution in [0.5, 0.6) is 0 Å². The third-order valence-electron chi connectivity index (χ3n) is 3.68. The van der Waals surface area contributed by atoms with Crippen LogP contribution in [-0.2, 0) is 9.57 Å². The molecule has 0 radical (unpaired) electrons. The lowest BCUT2D eigenvalue weighted by Crippen LogP contribution is -3.00. The zero-order valence-electron chi connectivity index (χ0n) is 16.6. The van der Waals surface area contributed by atoms with E-state index in [0.717, 1.165) is 0 Å². The molecule has 2 amide bonds. The van der Waals surface area contributed by atoms with Crippen LogP contribution in [-0.4, -0.2) is 47.2 Å². The van der Waals surface area contributed by atoms with E-state index in [9.17, 15) is 19.7 Å². The second-order valence-corrected chi connectivity index (χ2v) is 6.43. The van der Waals surface area contributed by atoms with Crippen LogP contribution in [0.1, 0.15) is 51.2 Å². The predicted octanol–water partition coefficient (Wildman–Crippen LogP) is -1.31. The Morgan fingerprint density at radius 2 is 1.86 bits per heavy atom. The molecule has 1 aromatic rings. The van der Waals surface area contributed by atoms with Crippen LogP contribution in [0.25, 0.3) is 0 Å². The molecule has 0 bridgehead atoms. The first-order valence-electron chi connectivity index (χ1n) is 8.68. The Labute approximate surface area is 181 Å². The molecule has 1 N–H and O–H groups in total. The summed E-state index contributed by atoms with van der Waals surface area (Å²) in [6.45, 7) is 9.10. The second-order valence-electron chi connectivity index (χ2n) is 6.43. The van der Waals surface area contributed by atoms with Crippen LogP contribution >= 0.6 is 0 Å². The van der Waals surface area contributed by atoms with Crippen molar-refractivity contribution in [1.29, 1.82) is 0 Å². The van der Waals surface area contributed by atoms with E-state index in [2.05, 4.69) is 10.2 Å². The largest absolute Gasteiger partial charge is 1.00 e. The molecule has 158 valence electrons. The van der Waals surface area contributed by atoms with Gasteiger partial charge in [-0.1, -0.05) is 0 Å². The number of nitrogens with zero attached hydrogens (tertiary/aromatic N) is 3. The van der Waals surface area contributed by atoms with Gasteiger partial charge in [-0.05, 0) is 33.8 Å². The monoisotopic (exact) mass is 510 g/mol. The van der Waals surface area contributed by atoms with E-state index in [-0.39, 0.29) is 49.2 Å². The Morgan fingerprint density at radius 1 is 1.25 bits per heavy atom. The highest BCUT2D eigenvalue weighted by Crippen LogP contribution is 2.11. The van der Waals surface area contributed by atoms with Crippen LogP contribution in [0, 0.1) is 10.1 Å². The van der Waals surface area contributed by atoms with Crippen LogP contribution in [0.15, 0.2) is 24.5 Å². The fraction of sp³-hybridized carbons (Fsp3) is 0.588. The van der Waals surface area contributed by atoms with Crippen molar-refractivity contribution in [3.63, 3.8) is 0 Å². The van der Waals surface area contributed by atoms with Gasteiger partial charge in [-0.25, -0.2) is 4.79 Å². The maximum absolute atomic E-state index is 12.4. The van der Waals surface area contributed by atoms with E-state index >= 15 is 0 Å². The van der Waals surface area contributed by atoms with Crippen molar-refractivity contribution < 1.29 is 52.8 Å². The van der Waals surface area contributed by atoms with E-state index in [1.54, 1.807) is 34.7 Å². The molecular weight excluding hydrogens is 483 g/mol. The van der Waals surface area contributed by atoms with Crippen molar-refractivity contribution in [2.75, 3.05) is 13.2 Å². The van der Waals surface area contributed by atoms with E-state index in [1.165, 1.54) is 6.20 Å². The lowest BCUT2D eigenvalue weighted by Gasteiger charge is -2.29. The van der Waals surface area contributed by atoms with Crippen molar-refractivity contribution >= 4 is 12.0 Å². The van der Waals surface area contributed by atoms with E-state index in [1.807, 2.05) is 27.7 Å². The summed E-state index contributed by atoms with van der Waals surface area (Å²) >= 11 is 0. The van der Waals surface area contributed by atoms with Gasteiger partial charge in [-0.15, -0.1) is 10.1 Å². The average molecular weight is 510 g/mol. The highest BCUT2D eigenvalue weighted by molar-refractivity contribution is 5.93. The first-order chi connectivity index (χ1) is 12.6. The van der Waals surface area contributed by atoms with Gasteiger partial charge < -0.3 is 43.8 Å². The van der Waals surface area contributed by atoms with Gasteiger partial charge in [-0.2, -0.15) is 4.57 Å². The predicted molar refractivity (Wildman–Crippen MR) is 95.2 cm³/mol. The fourth-order valence-corrected chi connectivity index (χ4v) is 2.53. The number of ether oxygens (including phenoxy) is 1. The lowest BCUT2D eigenvalue weighted by atomic mass is 10.2. The highest BCUT2D eigenvalue weighted by Gasteiger charge is 2.26. The van der Waals surface area contributed by atoms with Gasteiger partial charge in [0.15, 0.2) is 12.4 Å². The molecule has 0 saturated heterocycles. The van der Waals surface area contributed by atoms with Crippen LogP contribution in [0.4, 0.5) is 4.79 Å². The van der Waals surface area contributed by atoms with Crippen molar-refractivity contribution in [2.45, 2.75) is 52.9 Å². The standard InChI is InChI=1S/C17H26N4O6.HI/c1-12(2)20(13(3)4)17(23)27-14(5)19-9-6-7-15(11-19)16(22)18-8-10-26-21(24)25;/h6-7,9,11-14H,8,10H2,1-5H3;1H. The third kappa shape index (κ3) is 8.23. The van der Waals surface area contributed by atoms with Crippen molar-refractivity contribution in [2.24, 2.45) is 0 Å². The summed E-state index contributed by atoms with van der Waals surface area (Å²) in [5.74, 6) is -0.416. The van der Waals surface area contributed by atoms with Crippen molar-refractivity contribution in [3.05, 3.63) is 40.2 Å². The first-order valence-corrected chi connectivity index (χ1v) is 8.68. The lowest BCUT2D eigenvalue weighted by molar-refractivity contribution is -0.757. The molecule has 0 saturated carbocycles. The zero-order valence-corrected chi connectivity index (χ0v) is 18.8. The minimum atomic E-state index is -0.920. The van der Waals surface area contributed by atoms with E-state index < -0.39 is 23.3 Å². The summed E-state index contributed by atoms with van der Waals surface area (Å²) in [7, 11) is 0. The smallest absolute Gasteiger partial charge is 0.415 e. The number of amides is 2. The maximum atomic E-state index is 12.4. The molecular formula is C17H27IN4O6. The van der Waals surface area contributed by atoms with E-state index in [4.69, 9.17) is 4.74 Å².